The largest absolute Gasteiger partial charge is 0.372 e. The molecule has 0 N–H and O–H groups in total. The average molecular weight is 216 g/mol. The van der Waals surface area contributed by atoms with Crippen LogP contribution in [0.3, 0.4) is 0 Å². The number of carbonyl (C=O) groups excluding carboxylic acids is 1. The first-order chi connectivity index (χ1) is 7.24. The maximum Gasteiger partial charge on any atom is 0.372 e. The maximum atomic E-state index is 11.5. The minimum atomic E-state index is -0.936. The lowest BCUT2D eigenvalue weighted by atomic mass is 9.89. The Labute approximate surface area is 86.9 Å². The second-order valence-corrected chi connectivity index (χ2v) is 3.81. The number of ether oxygens (including phenoxy) is 2. The number of carbonyl (C=O) groups is 1. The summed E-state index contributed by atoms with van der Waals surface area (Å²) < 4.78 is 22.5. The molecule has 1 spiro atoms. The van der Waals surface area contributed by atoms with E-state index < -0.39 is 11.8 Å². The lowest BCUT2D eigenvalue weighted by molar-refractivity contribution is -0.178. The van der Waals surface area contributed by atoms with Crippen LogP contribution in [0.5, 0.6) is 0 Å². The molecule has 0 aromatic rings. The van der Waals surface area contributed by atoms with E-state index in [2.05, 4.69) is 4.94 Å². The molecular formula is C10H13FO4. The highest BCUT2D eigenvalue weighted by Gasteiger charge is 2.38. The quantitative estimate of drug-likeness (QED) is 0.625. The monoisotopic (exact) mass is 216 g/mol. The van der Waals surface area contributed by atoms with Crippen molar-refractivity contribution < 1.29 is 23.7 Å². The summed E-state index contributed by atoms with van der Waals surface area (Å²) in [5, 5.41) is 0. The number of halogens is 1. The van der Waals surface area contributed by atoms with E-state index >= 15 is 0 Å². The Morgan fingerprint density at radius 1 is 1.33 bits per heavy atom. The summed E-state index contributed by atoms with van der Waals surface area (Å²) in [6.45, 7) is 1.26. The summed E-state index contributed by atoms with van der Waals surface area (Å²) >= 11 is 0. The Balaban J connectivity index is 1.91. The Morgan fingerprint density at radius 2 is 1.93 bits per heavy atom. The zero-order valence-corrected chi connectivity index (χ0v) is 8.33. The van der Waals surface area contributed by atoms with Crippen molar-refractivity contribution in [3.8, 4) is 0 Å². The lowest BCUT2D eigenvalue weighted by Gasteiger charge is -2.32. The van der Waals surface area contributed by atoms with Crippen molar-refractivity contribution in [1.29, 1.82) is 0 Å². The van der Waals surface area contributed by atoms with Gasteiger partial charge in [0.05, 0.1) is 13.2 Å². The van der Waals surface area contributed by atoms with Crippen LogP contribution in [0.2, 0.25) is 0 Å². The van der Waals surface area contributed by atoms with Crippen LogP contribution in [0, 0.1) is 0 Å². The van der Waals surface area contributed by atoms with Crippen molar-refractivity contribution in [3.63, 3.8) is 0 Å². The van der Waals surface area contributed by atoms with Crippen molar-refractivity contribution in [2.75, 3.05) is 13.2 Å². The predicted molar refractivity (Wildman–Crippen MR) is 48.4 cm³/mol. The van der Waals surface area contributed by atoms with Crippen molar-refractivity contribution in [2.24, 2.45) is 0 Å². The van der Waals surface area contributed by atoms with Gasteiger partial charge in [0.25, 0.3) is 0 Å². The van der Waals surface area contributed by atoms with Gasteiger partial charge in [0.2, 0.25) is 0 Å². The number of hydrogen-bond acceptors (Lipinski definition) is 4. The first-order valence-corrected chi connectivity index (χ1v) is 5.04. The number of rotatable bonds is 1. The van der Waals surface area contributed by atoms with Gasteiger partial charge in [-0.1, -0.05) is 5.57 Å². The SMILES string of the molecule is O=C(C=C1CCC2(CC1)OCCO2)OF. The highest BCUT2D eigenvalue weighted by molar-refractivity contribution is 5.82. The van der Waals surface area contributed by atoms with Crippen molar-refractivity contribution in [2.45, 2.75) is 31.5 Å². The van der Waals surface area contributed by atoms with Gasteiger partial charge in [-0.15, -0.1) is 0 Å². The highest BCUT2D eigenvalue weighted by Crippen LogP contribution is 2.37. The van der Waals surface area contributed by atoms with Crippen LogP contribution in [0.15, 0.2) is 11.6 Å². The molecule has 1 saturated heterocycles. The van der Waals surface area contributed by atoms with Crippen molar-refractivity contribution >= 4 is 5.97 Å². The van der Waals surface area contributed by atoms with Crippen LogP contribution in [-0.2, 0) is 19.2 Å². The van der Waals surface area contributed by atoms with E-state index in [0.29, 0.717) is 26.1 Å². The molecule has 1 saturated carbocycles. The molecule has 0 aromatic heterocycles. The van der Waals surface area contributed by atoms with E-state index in [4.69, 9.17) is 9.47 Å². The summed E-state index contributed by atoms with van der Waals surface area (Å²) in [6, 6.07) is 0. The zero-order chi connectivity index (χ0) is 10.7. The summed E-state index contributed by atoms with van der Waals surface area (Å²) in [7, 11) is 0. The second-order valence-electron chi connectivity index (χ2n) is 3.81. The van der Waals surface area contributed by atoms with E-state index in [9.17, 15) is 9.32 Å². The van der Waals surface area contributed by atoms with E-state index in [1.807, 2.05) is 0 Å². The molecular weight excluding hydrogens is 203 g/mol. The normalized spacial score (nSPS) is 24.2. The molecule has 0 aromatic carbocycles. The van der Waals surface area contributed by atoms with Gasteiger partial charge in [-0.25, -0.2) is 4.79 Å². The van der Waals surface area contributed by atoms with Crippen molar-refractivity contribution in [3.05, 3.63) is 11.6 Å². The van der Waals surface area contributed by atoms with E-state index in [0.717, 1.165) is 18.4 Å². The fraction of sp³-hybridized carbons (Fsp3) is 0.700. The third-order valence-corrected chi connectivity index (χ3v) is 2.87. The Bertz CT molecular complexity index is 269. The predicted octanol–water partition coefficient (Wildman–Crippen LogP) is 1.66. The third kappa shape index (κ3) is 2.35. The number of hydrogen-bond donors (Lipinski definition) is 0. The number of allylic oxidation sites excluding steroid dienone is 1. The molecule has 1 aliphatic carbocycles. The lowest BCUT2D eigenvalue weighted by Crippen LogP contribution is -2.33. The standard InChI is InChI=1S/C10H13FO4/c11-15-9(12)7-8-1-3-10(4-2-8)13-5-6-14-10/h7H,1-6H2. The van der Waals surface area contributed by atoms with Crippen LogP contribution in [0.25, 0.3) is 0 Å². The molecule has 4 nitrogen and oxygen atoms in total. The molecule has 15 heavy (non-hydrogen) atoms. The van der Waals surface area contributed by atoms with Gasteiger partial charge < -0.3 is 9.47 Å². The van der Waals surface area contributed by atoms with Gasteiger partial charge in [-0.05, 0) is 12.8 Å². The highest BCUT2D eigenvalue weighted by atomic mass is 19.3. The molecule has 5 heteroatoms. The fourth-order valence-electron chi connectivity index (χ4n) is 2.07. The van der Waals surface area contributed by atoms with Crippen molar-refractivity contribution in [1.82, 2.24) is 0 Å². The topological polar surface area (TPSA) is 44.8 Å². The Morgan fingerprint density at radius 3 is 2.47 bits per heavy atom. The first kappa shape index (κ1) is 10.6. The smallest absolute Gasteiger partial charge is 0.348 e. The van der Waals surface area contributed by atoms with E-state index in [-0.39, 0.29) is 0 Å². The fourth-order valence-corrected chi connectivity index (χ4v) is 2.07. The molecule has 2 rings (SSSR count). The van der Waals surface area contributed by atoms with Gasteiger partial charge in [0.1, 0.15) is 0 Å². The van der Waals surface area contributed by atoms with E-state index in [1.54, 1.807) is 0 Å². The Kier molecular flexibility index (Phi) is 3.02. The summed E-state index contributed by atoms with van der Waals surface area (Å²) in [5.74, 6) is -1.38. The maximum absolute atomic E-state index is 11.5. The van der Waals surface area contributed by atoms with Crippen LogP contribution in [0.1, 0.15) is 25.7 Å². The van der Waals surface area contributed by atoms with Gasteiger partial charge in [0, 0.05) is 23.4 Å². The molecule has 2 aliphatic rings. The average Bonchev–Trinajstić information content (AvgIpc) is 2.70. The summed E-state index contributed by atoms with van der Waals surface area (Å²) in [6.07, 6.45) is 4.03. The summed E-state index contributed by atoms with van der Waals surface area (Å²) in [4.78, 5) is 13.7. The molecule has 1 heterocycles. The van der Waals surface area contributed by atoms with Gasteiger partial charge >= 0.3 is 5.97 Å². The third-order valence-electron chi connectivity index (χ3n) is 2.87. The molecule has 2 fully saturated rings. The second kappa shape index (κ2) is 4.28. The molecule has 0 unspecified atom stereocenters. The van der Waals surface area contributed by atoms with Gasteiger partial charge in [0.15, 0.2) is 5.79 Å². The molecule has 1 aliphatic heterocycles. The minimum absolute atomic E-state index is 0.447. The van der Waals surface area contributed by atoms with Gasteiger partial charge in [-0.2, -0.15) is 0 Å². The van der Waals surface area contributed by atoms with Crippen LogP contribution >= 0.6 is 0 Å². The van der Waals surface area contributed by atoms with Crippen LogP contribution in [-0.4, -0.2) is 25.0 Å². The van der Waals surface area contributed by atoms with Crippen LogP contribution in [0.4, 0.5) is 4.53 Å². The van der Waals surface area contributed by atoms with Crippen LogP contribution < -0.4 is 0 Å². The molecule has 0 amide bonds. The minimum Gasteiger partial charge on any atom is -0.348 e. The Hall–Kier alpha value is -0.940. The molecule has 0 atom stereocenters. The molecule has 0 radical (unpaired) electrons. The van der Waals surface area contributed by atoms with Gasteiger partial charge in [-0.3, -0.25) is 4.94 Å². The first-order valence-electron chi connectivity index (χ1n) is 5.04. The molecule has 84 valence electrons. The zero-order valence-electron chi connectivity index (χ0n) is 8.33. The summed E-state index contributed by atoms with van der Waals surface area (Å²) in [5.41, 5.74) is 0.891. The molecule has 0 bridgehead atoms. The van der Waals surface area contributed by atoms with E-state index in [1.165, 1.54) is 6.08 Å².